The predicted molar refractivity (Wildman–Crippen MR) is 460 cm³/mol. The van der Waals surface area contributed by atoms with Gasteiger partial charge in [0.2, 0.25) is 0 Å². The van der Waals surface area contributed by atoms with E-state index in [0.717, 1.165) is 64.2 Å². The number of fused-ring (bicyclic) bond motifs is 5. The summed E-state index contributed by atoms with van der Waals surface area (Å²) in [6.45, 7) is 33.0. The first-order valence-corrected chi connectivity index (χ1v) is 38.7. The molecule has 0 atom stereocenters. The van der Waals surface area contributed by atoms with Gasteiger partial charge in [0.25, 0.3) is 0 Å². The molecule has 0 fully saturated rings. The molecule has 0 heterocycles. The highest BCUT2D eigenvalue weighted by Gasteiger charge is 2.13. The van der Waals surface area contributed by atoms with Gasteiger partial charge in [-0.3, -0.25) is 0 Å². The van der Waals surface area contributed by atoms with E-state index >= 15 is 0 Å². The lowest BCUT2D eigenvalue weighted by Crippen LogP contribution is -1.97. The molecule has 0 aliphatic carbocycles. The molecule has 530 valence electrons. The average molecular weight is 1370 g/mol. The summed E-state index contributed by atoms with van der Waals surface area (Å²) in [5, 5.41) is 13.7. The van der Waals surface area contributed by atoms with Gasteiger partial charge < -0.3 is 0 Å². The summed E-state index contributed by atoms with van der Waals surface area (Å²) >= 11 is 0. The Morgan fingerprint density at radius 3 is 0.905 bits per heavy atom. The van der Waals surface area contributed by atoms with Crippen molar-refractivity contribution in [1.82, 2.24) is 0 Å². The zero-order valence-electron chi connectivity index (χ0n) is 65.6. The molecule has 0 radical (unpaired) electrons. The molecule has 0 heteroatoms. The summed E-state index contributed by atoms with van der Waals surface area (Å²) in [6, 6.07) is 101. The van der Waals surface area contributed by atoms with Crippen LogP contribution in [0.2, 0.25) is 0 Å². The molecule has 0 spiro atoms. The summed E-state index contributed by atoms with van der Waals surface area (Å²) in [5.41, 5.74) is 35.0. The molecule has 0 aliphatic rings. The molecule has 15 aromatic rings. The lowest BCUT2D eigenvalue weighted by Gasteiger charge is -2.13. The number of hydrogen-bond acceptors (Lipinski definition) is 0. The van der Waals surface area contributed by atoms with Crippen molar-refractivity contribution in [2.45, 2.75) is 168 Å². The normalized spacial score (nSPS) is 11.0. The van der Waals surface area contributed by atoms with Gasteiger partial charge in [-0.2, -0.15) is 0 Å². The van der Waals surface area contributed by atoms with Crippen molar-refractivity contribution in [2.24, 2.45) is 0 Å². The fraction of sp³-hybridized carbons (Fsp3) is 0.238. The van der Waals surface area contributed by atoms with Crippen molar-refractivity contribution in [3.63, 3.8) is 0 Å². The van der Waals surface area contributed by atoms with Gasteiger partial charge in [0, 0.05) is 0 Å². The summed E-state index contributed by atoms with van der Waals surface area (Å²) < 4.78 is 0. The number of hydrogen-bond donors (Lipinski definition) is 0. The molecule has 105 heavy (non-hydrogen) atoms. The molecule has 0 aliphatic heterocycles. The van der Waals surface area contributed by atoms with E-state index < -0.39 is 0 Å². The standard InChI is InChI=1S/5C21H22/c1-4-19-13-18(14-20-7-5-6-8-21(19)20)12-17-10-15(2)9-16(3)11-17;1-4-18-13-19-7-5-6-8-20(19)14-21(18)12-17-10-15(2)9-16(3)11-17;1-4-17-12-19-7-5-6-8-21(19)20(13-17)14-18-10-15(2)9-16(3)11-18;1-4-20-19(10-9-18-7-5-6-8-21(18)20)14-17-12-15(2)11-16(3)13-17;1-4-18-9-10-19(21-8-6-5-7-20(18)21)14-17-12-15(2)11-16(3)13-17/h2*5-11,13-14H,4,12H2,1-3H3;3*5-13H,4,14H2,1-3H3. The molecule has 0 N–H and O–H groups in total. The molecule has 0 aromatic heterocycles. The van der Waals surface area contributed by atoms with E-state index in [1.165, 1.54) is 193 Å². The maximum atomic E-state index is 2.38. The van der Waals surface area contributed by atoms with E-state index in [0.29, 0.717) is 0 Å². The van der Waals surface area contributed by atoms with Crippen molar-refractivity contribution >= 4 is 53.9 Å². The summed E-state index contributed by atoms with van der Waals surface area (Å²) in [6.07, 6.45) is 10.5. The topological polar surface area (TPSA) is 0 Å². The average Bonchev–Trinajstić information content (AvgIpc) is 0.825. The molecule has 0 saturated heterocycles. The van der Waals surface area contributed by atoms with Crippen LogP contribution in [-0.2, 0) is 64.2 Å². The summed E-state index contributed by atoms with van der Waals surface area (Å²) in [4.78, 5) is 0. The van der Waals surface area contributed by atoms with Gasteiger partial charge in [-0.05, 0) is 271 Å². The van der Waals surface area contributed by atoms with Crippen molar-refractivity contribution in [2.75, 3.05) is 0 Å². The maximum Gasteiger partial charge on any atom is -0.00193 e. The van der Waals surface area contributed by atoms with Crippen LogP contribution in [0.1, 0.15) is 174 Å². The zero-order chi connectivity index (χ0) is 74.1. The summed E-state index contributed by atoms with van der Waals surface area (Å²) in [5.74, 6) is 0. The minimum Gasteiger partial charge on any atom is -0.0616 e. The highest BCUT2D eigenvalue weighted by atomic mass is 14.2. The zero-order valence-corrected chi connectivity index (χ0v) is 65.6. The second kappa shape index (κ2) is 35.9. The predicted octanol–water partition coefficient (Wildman–Crippen LogP) is 28.0. The highest BCUT2D eigenvalue weighted by molar-refractivity contribution is 5.91. The van der Waals surface area contributed by atoms with Gasteiger partial charge in [-0.15, -0.1) is 0 Å². The second-order valence-corrected chi connectivity index (χ2v) is 29.9. The van der Waals surface area contributed by atoms with E-state index in [1.54, 1.807) is 0 Å². The smallest absolute Gasteiger partial charge is 0.00193 e. The number of aryl methyl sites for hydroxylation is 15. The third-order valence-electron chi connectivity index (χ3n) is 20.6. The molecule has 15 aromatic carbocycles. The van der Waals surface area contributed by atoms with Gasteiger partial charge >= 0.3 is 0 Å². The Hall–Kier alpha value is -10.4. The van der Waals surface area contributed by atoms with Crippen LogP contribution in [0.3, 0.4) is 0 Å². The van der Waals surface area contributed by atoms with Crippen molar-refractivity contribution in [3.05, 3.63) is 412 Å². The van der Waals surface area contributed by atoms with E-state index in [4.69, 9.17) is 0 Å². The Bertz CT molecular complexity index is 5320. The molecule has 15 rings (SSSR count). The van der Waals surface area contributed by atoms with Gasteiger partial charge in [0.15, 0.2) is 0 Å². The first-order chi connectivity index (χ1) is 50.8. The fourth-order valence-corrected chi connectivity index (χ4v) is 16.3. The van der Waals surface area contributed by atoms with Crippen LogP contribution in [0.15, 0.2) is 273 Å². The highest BCUT2D eigenvalue weighted by Crippen LogP contribution is 2.31. The second-order valence-electron chi connectivity index (χ2n) is 29.9. The number of benzene rings is 15. The third-order valence-corrected chi connectivity index (χ3v) is 20.6. The minimum absolute atomic E-state index is 1.01. The van der Waals surface area contributed by atoms with Crippen LogP contribution in [-0.4, -0.2) is 0 Å². The minimum atomic E-state index is 1.01. The van der Waals surface area contributed by atoms with Gasteiger partial charge in [0.05, 0.1) is 0 Å². The Balaban J connectivity index is 0.000000131. The monoisotopic (exact) mass is 1370 g/mol. The van der Waals surface area contributed by atoms with E-state index in [1.807, 2.05) is 0 Å². The van der Waals surface area contributed by atoms with E-state index in [-0.39, 0.29) is 0 Å². The fourth-order valence-electron chi connectivity index (χ4n) is 16.3. The lowest BCUT2D eigenvalue weighted by atomic mass is 9.92. The third kappa shape index (κ3) is 20.3. The molecule has 0 bridgehead atoms. The Labute approximate surface area is 630 Å². The van der Waals surface area contributed by atoms with Gasteiger partial charge in [-0.25, -0.2) is 0 Å². The Morgan fingerprint density at radius 1 is 0.162 bits per heavy atom. The van der Waals surface area contributed by atoms with Crippen molar-refractivity contribution in [3.8, 4) is 0 Å². The van der Waals surface area contributed by atoms with Crippen LogP contribution in [0.5, 0.6) is 0 Å². The Morgan fingerprint density at radius 2 is 0.467 bits per heavy atom. The molecule has 0 saturated carbocycles. The Kier molecular flexibility index (Phi) is 25.9. The van der Waals surface area contributed by atoms with E-state index in [2.05, 4.69) is 377 Å². The van der Waals surface area contributed by atoms with Crippen LogP contribution < -0.4 is 0 Å². The summed E-state index contributed by atoms with van der Waals surface area (Å²) in [7, 11) is 0. The van der Waals surface area contributed by atoms with Crippen LogP contribution >= 0.6 is 0 Å². The van der Waals surface area contributed by atoms with Crippen molar-refractivity contribution < 1.29 is 0 Å². The molecule has 0 nitrogen and oxygen atoms in total. The molecular formula is C105H110. The van der Waals surface area contributed by atoms with E-state index in [9.17, 15) is 0 Å². The van der Waals surface area contributed by atoms with Gasteiger partial charge in [0.1, 0.15) is 0 Å². The first-order valence-electron chi connectivity index (χ1n) is 38.7. The van der Waals surface area contributed by atoms with Crippen molar-refractivity contribution in [1.29, 1.82) is 0 Å². The quantitative estimate of drug-likeness (QED) is 0.0960. The lowest BCUT2D eigenvalue weighted by molar-refractivity contribution is 1.06. The van der Waals surface area contributed by atoms with Crippen LogP contribution in [0.25, 0.3) is 53.9 Å². The molecular weight excluding hydrogens is 1260 g/mol. The molecule has 0 amide bonds. The number of rotatable bonds is 15. The first kappa shape index (κ1) is 75.7. The van der Waals surface area contributed by atoms with Gasteiger partial charge in [-0.1, -0.05) is 363 Å². The largest absolute Gasteiger partial charge is 0.0616 e. The van der Waals surface area contributed by atoms with Crippen LogP contribution in [0.4, 0.5) is 0 Å². The molecule has 0 unspecified atom stereocenters. The SMILES string of the molecule is CCc1c(Cc2cc(C)cc(C)c2)ccc2ccccc12.CCc1cc(Cc2cc(C)cc(C)c2)c2ccccc2c1.CCc1cc(Cc2cc(C)cc(C)c2)cc2ccccc12.CCc1cc2ccccc2cc1Cc1cc(C)cc(C)c1.CCc1ccc(Cc2cc(C)cc(C)c2)c2ccccc12. The van der Waals surface area contributed by atoms with Crippen LogP contribution in [0, 0.1) is 69.2 Å². The maximum absolute atomic E-state index is 2.38.